The Morgan fingerprint density at radius 2 is 2.27 bits per heavy atom. The van der Waals surface area contributed by atoms with Crippen LogP contribution in [0.5, 0.6) is 0 Å². The first-order valence-electron chi connectivity index (χ1n) is 5.46. The summed E-state index contributed by atoms with van der Waals surface area (Å²) in [5.74, 6) is 2.68. The molecule has 0 aliphatic carbocycles. The van der Waals surface area contributed by atoms with Crippen LogP contribution in [0.4, 0.5) is 0 Å². The highest BCUT2D eigenvalue weighted by Gasteiger charge is 2.16. The maximum atomic E-state index is 6.13. The Morgan fingerprint density at radius 1 is 1.53 bits per heavy atom. The molecule has 0 fully saturated rings. The first-order chi connectivity index (χ1) is 7.19. The summed E-state index contributed by atoms with van der Waals surface area (Å²) in [7, 11) is 0. The predicted octanol–water partition coefficient (Wildman–Crippen LogP) is 3.44. The quantitative estimate of drug-likeness (QED) is 0.833. The summed E-state index contributed by atoms with van der Waals surface area (Å²) in [6, 6.07) is 0.103. The molecule has 0 radical (unpaired) electrons. The number of thiazole rings is 1. The molecule has 1 heterocycles. The zero-order chi connectivity index (χ0) is 11.3. The second-order valence-corrected chi connectivity index (χ2v) is 5.93. The first kappa shape index (κ1) is 13.0. The molecular formula is C11H20N2S2. The molecule has 0 bridgehead atoms. The Morgan fingerprint density at radius 3 is 2.87 bits per heavy atom. The lowest BCUT2D eigenvalue weighted by atomic mass is 9.98. The van der Waals surface area contributed by atoms with Crippen molar-refractivity contribution in [2.24, 2.45) is 11.7 Å². The maximum absolute atomic E-state index is 6.13. The van der Waals surface area contributed by atoms with Crippen LogP contribution in [0, 0.1) is 5.92 Å². The third-order valence-electron chi connectivity index (χ3n) is 2.60. The largest absolute Gasteiger partial charge is 0.322 e. The topological polar surface area (TPSA) is 38.9 Å². The SMILES string of the molecule is CCSCc1nc(C(N)C(C)CC)cs1. The fourth-order valence-corrected chi connectivity index (χ4v) is 2.87. The summed E-state index contributed by atoms with van der Waals surface area (Å²) in [5, 5.41) is 3.32. The fourth-order valence-electron chi connectivity index (χ4n) is 1.28. The van der Waals surface area contributed by atoms with Crippen molar-refractivity contribution in [1.82, 2.24) is 4.98 Å². The number of hydrogen-bond acceptors (Lipinski definition) is 4. The van der Waals surface area contributed by atoms with Gasteiger partial charge in [0.1, 0.15) is 5.01 Å². The van der Waals surface area contributed by atoms with E-state index in [1.54, 1.807) is 11.3 Å². The van der Waals surface area contributed by atoms with Crippen molar-refractivity contribution < 1.29 is 0 Å². The molecule has 1 aromatic rings. The van der Waals surface area contributed by atoms with Gasteiger partial charge in [0.2, 0.25) is 0 Å². The van der Waals surface area contributed by atoms with E-state index >= 15 is 0 Å². The Hall–Kier alpha value is -0.0600. The van der Waals surface area contributed by atoms with Crippen LogP contribution >= 0.6 is 23.1 Å². The summed E-state index contributed by atoms with van der Waals surface area (Å²) in [6.07, 6.45) is 1.11. The van der Waals surface area contributed by atoms with Crippen molar-refractivity contribution in [3.05, 3.63) is 16.1 Å². The minimum Gasteiger partial charge on any atom is -0.322 e. The van der Waals surface area contributed by atoms with Crippen molar-refractivity contribution in [1.29, 1.82) is 0 Å². The van der Waals surface area contributed by atoms with Gasteiger partial charge in [0, 0.05) is 11.1 Å². The van der Waals surface area contributed by atoms with Crippen LogP contribution in [0.1, 0.15) is 43.9 Å². The van der Waals surface area contributed by atoms with E-state index in [1.165, 1.54) is 5.01 Å². The Kier molecular flexibility index (Phi) is 5.64. The first-order valence-corrected chi connectivity index (χ1v) is 7.50. The highest BCUT2D eigenvalue weighted by molar-refractivity contribution is 7.98. The van der Waals surface area contributed by atoms with Crippen LogP contribution in [0.25, 0.3) is 0 Å². The van der Waals surface area contributed by atoms with Crippen molar-refractivity contribution in [2.75, 3.05) is 5.75 Å². The number of hydrogen-bond donors (Lipinski definition) is 1. The van der Waals surface area contributed by atoms with E-state index in [9.17, 15) is 0 Å². The predicted molar refractivity (Wildman–Crippen MR) is 70.3 cm³/mol. The molecule has 0 aliphatic rings. The molecule has 86 valence electrons. The smallest absolute Gasteiger partial charge is 0.103 e. The number of nitrogens with zero attached hydrogens (tertiary/aromatic N) is 1. The summed E-state index contributed by atoms with van der Waals surface area (Å²) in [5.41, 5.74) is 7.20. The van der Waals surface area contributed by atoms with E-state index in [1.807, 2.05) is 11.8 Å². The number of thioether (sulfide) groups is 1. The van der Waals surface area contributed by atoms with E-state index in [0.29, 0.717) is 5.92 Å². The standard InChI is InChI=1S/C11H20N2S2/c1-4-8(3)11(12)9-6-15-10(13-9)7-14-5-2/h6,8,11H,4-5,7,12H2,1-3H3. The normalized spacial score (nSPS) is 15.2. The van der Waals surface area contributed by atoms with Gasteiger partial charge in [-0.15, -0.1) is 11.3 Å². The summed E-state index contributed by atoms with van der Waals surface area (Å²) < 4.78 is 0. The van der Waals surface area contributed by atoms with Gasteiger partial charge in [-0.2, -0.15) is 11.8 Å². The average Bonchev–Trinajstić information content (AvgIpc) is 2.72. The number of aromatic nitrogens is 1. The van der Waals surface area contributed by atoms with Gasteiger partial charge in [0.05, 0.1) is 11.7 Å². The summed E-state index contributed by atoms with van der Waals surface area (Å²) in [4.78, 5) is 4.59. The van der Waals surface area contributed by atoms with Gasteiger partial charge < -0.3 is 5.73 Å². The maximum Gasteiger partial charge on any atom is 0.103 e. The van der Waals surface area contributed by atoms with E-state index in [2.05, 4.69) is 31.1 Å². The average molecular weight is 244 g/mol. The van der Waals surface area contributed by atoms with Gasteiger partial charge in [-0.25, -0.2) is 4.98 Å². The zero-order valence-electron chi connectivity index (χ0n) is 9.69. The number of rotatable bonds is 6. The molecule has 4 heteroatoms. The molecule has 0 amide bonds. The Labute approximate surface area is 101 Å². The van der Waals surface area contributed by atoms with Crippen LogP contribution in [0.3, 0.4) is 0 Å². The van der Waals surface area contributed by atoms with Crippen LogP contribution in [0.15, 0.2) is 5.38 Å². The van der Waals surface area contributed by atoms with E-state index < -0.39 is 0 Å². The molecule has 1 rings (SSSR count). The third kappa shape index (κ3) is 3.78. The fraction of sp³-hybridized carbons (Fsp3) is 0.727. The molecule has 0 saturated carbocycles. The van der Waals surface area contributed by atoms with Gasteiger partial charge >= 0.3 is 0 Å². The molecule has 0 aromatic carbocycles. The lowest BCUT2D eigenvalue weighted by Crippen LogP contribution is -2.18. The molecule has 0 spiro atoms. The Bertz CT molecular complexity index is 286. The van der Waals surface area contributed by atoms with E-state index in [-0.39, 0.29) is 6.04 Å². The molecule has 0 aliphatic heterocycles. The van der Waals surface area contributed by atoms with Crippen molar-refractivity contribution in [3.8, 4) is 0 Å². The molecular weight excluding hydrogens is 224 g/mol. The van der Waals surface area contributed by atoms with E-state index in [0.717, 1.165) is 23.6 Å². The number of nitrogens with two attached hydrogens (primary N) is 1. The van der Waals surface area contributed by atoms with Crippen molar-refractivity contribution in [3.63, 3.8) is 0 Å². The van der Waals surface area contributed by atoms with Crippen LogP contribution in [-0.2, 0) is 5.75 Å². The molecule has 0 saturated heterocycles. The van der Waals surface area contributed by atoms with Crippen LogP contribution in [-0.4, -0.2) is 10.7 Å². The zero-order valence-corrected chi connectivity index (χ0v) is 11.3. The highest BCUT2D eigenvalue weighted by atomic mass is 32.2. The highest BCUT2D eigenvalue weighted by Crippen LogP contribution is 2.25. The van der Waals surface area contributed by atoms with Crippen molar-refractivity contribution >= 4 is 23.1 Å². The Balaban J connectivity index is 2.58. The molecule has 2 nitrogen and oxygen atoms in total. The summed E-state index contributed by atoms with van der Waals surface area (Å²) >= 11 is 3.64. The van der Waals surface area contributed by atoms with Crippen LogP contribution in [0.2, 0.25) is 0 Å². The lowest BCUT2D eigenvalue weighted by Gasteiger charge is -2.15. The second kappa shape index (κ2) is 6.51. The lowest BCUT2D eigenvalue weighted by molar-refractivity contribution is 0.449. The summed E-state index contributed by atoms with van der Waals surface area (Å²) in [6.45, 7) is 6.53. The van der Waals surface area contributed by atoms with Gasteiger partial charge in [-0.3, -0.25) is 0 Å². The minimum absolute atomic E-state index is 0.103. The molecule has 2 N–H and O–H groups in total. The van der Waals surface area contributed by atoms with Crippen molar-refractivity contribution in [2.45, 2.75) is 39.0 Å². The van der Waals surface area contributed by atoms with E-state index in [4.69, 9.17) is 5.73 Å². The monoisotopic (exact) mass is 244 g/mol. The van der Waals surface area contributed by atoms with Gasteiger partial charge in [-0.1, -0.05) is 27.2 Å². The molecule has 1 aromatic heterocycles. The molecule has 2 unspecified atom stereocenters. The molecule has 2 atom stereocenters. The minimum atomic E-state index is 0.103. The second-order valence-electron chi connectivity index (χ2n) is 3.71. The van der Waals surface area contributed by atoms with Crippen LogP contribution < -0.4 is 5.73 Å². The van der Waals surface area contributed by atoms with Gasteiger partial charge in [0.25, 0.3) is 0 Å². The van der Waals surface area contributed by atoms with Gasteiger partial charge in [0.15, 0.2) is 0 Å². The molecule has 15 heavy (non-hydrogen) atoms. The third-order valence-corrected chi connectivity index (χ3v) is 4.53. The van der Waals surface area contributed by atoms with Gasteiger partial charge in [-0.05, 0) is 11.7 Å².